The molecule has 2 heterocycles. The van der Waals surface area contributed by atoms with Crippen LogP contribution < -0.4 is 4.90 Å². The highest BCUT2D eigenvalue weighted by Crippen LogP contribution is 2.41. The number of nitrogens with one attached hydrogen (secondary N) is 1. The highest BCUT2D eigenvalue weighted by atomic mass is 16.4. The van der Waals surface area contributed by atoms with Gasteiger partial charge in [-0.15, -0.1) is 0 Å². The number of aromatic amines is 1. The molecule has 9 heteroatoms. The van der Waals surface area contributed by atoms with E-state index in [1.165, 1.54) is 35.2 Å². The smallest absolute Gasteiger partial charge is 0.335 e. The number of carboxylic acids is 1. The second-order valence-corrected chi connectivity index (χ2v) is 8.44. The van der Waals surface area contributed by atoms with Crippen LogP contribution in [0.25, 0.3) is 11.0 Å². The van der Waals surface area contributed by atoms with E-state index in [4.69, 9.17) is 0 Å². The van der Waals surface area contributed by atoms with Gasteiger partial charge in [-0.3, -0.25) is 14.5 Å². The molecule has 9 nitrogen and oxygen atoms in total. The van der Waals surface area contributed by atoms with Gasteiger partial charge in [0.2, 0.25) is 5.95 Å². The van der Waals surface area contributed by atoms with Crippen LogP contribution in [-0.4, -0.2) is 42.9 Å². The van der Waals surface area contributed by atoms with Crippen molar-refractivity contribution in [2.45, 2.75) is 18.9 Å². The Morgan fingerprint density at radius 1 is 0.972 bits per heavy atom. The zero-order valence-electron chi connectivity index (χ0n) is 18.9. The standard InChI is InChI=1S/C27H21N3O6/c31-18-10-7-16(8-11-18)23-22(21(32)13-6-15-4-2-1-3-5-15)24(33)25(34)30(23)27-28-19-12-9-17(26(35)36)14-20(19)29-27/h1-5,7-12,14,23,31,33H,6,13H2,(H,28,29)(H,35,36). The molecule has 0 fully saturated rings. The fourth-order valence-corrected chi connectivity index (χ4v) is 4.36. The number of rotatable bonds is 7. The van der Waals surface area contributed by atoms with Crippen molar-refractivity contribution in [3.63, 3.8) is 0 Å². The number of carbonyl (C=O) groups excluding carboxylic acids is 2. The zero-order chi connectivity index (χ0) is 25.4. The Labute approximate surface area is 205 Å². The summed E-state index contributed by atoms with van der Waals surface area (Å²) in [7, 11) is 0. The summed E-state index contributed by atoms with van der Waals surface area (Å²) in [5, 5.41) is 29.9. The summed E-state index contributed by atoms with van der Waals surface area (Å²) in [5.74, 6) is -2.93. The summed E-state index contributed by atoms with van der Waals surface area (Å²) in [5.41, 5.74) is 2.20. The minimum Gasteiger partial charge on any atom is -0.508 e. The fourth-order valence-electron chi connectivity index (χ4n) is 4.36. The topological polar surface area (TPSA) is 144 Å². The van der Waals surface area contributed by atoms with Crippen LogP contribution in [0.2, 0.25) is 0 Å². The number of phenolic OH excluding ortho intramolecular Hbond substituents is 1. The largest absolute Gasteiger partial charge is 0.508 e. The predicted octanol–water partition coefficient (Wildman–Crippen LogP) is 4.07. The van der Waals surface area contributed by atoms with Gasteiger partial charge in [0.15, 0.2) is 11.5 Å². The number of amides is 1. The van der Waals surface area contributed by atoms with Crippen molar-refractivity contribution in [3.05, 3.63) is 101 Å². The molecule has 1 unspecified atom stereocenters. The number of hydrogen-bond donors (Lipinski definition) is 4. The van der Waals surface area contributed by atoms with Crippen LogP contribution in [0.3, 0.4) is 0 Å². The maximum Gasteiger partial charge on any atom is 0.335 e. The molecule has 1 aliphatic heterocycles. The van der Waals surface area contributed by atoms with E-state index in [0.717, 1.165) is 5.56 Å². The zero-order valence-corrected chi connectivity index (χ0v) is 18.9. The number of phenols is 1. The number of fused-ring (bicyclic) bond motifs is 1. The second-order valence-electron chi connectivity index (χ2n) is 8.44. The maximum absolute atomic E-state index is 13.4. The van der Waals surface area contributed by atoms with Gasteiger partial charge in [0.1, 0.15) is 5.75 Å². The van der Waals surface area contributed by atoms with Gasteiger partial charge in [0.25, 0.3) is 5.91 Å². The van der Waals surface area contributed by atoms with Crippen molar-refractivity contribution < 1.29 is 29.7 Å². The Kier molecular flexibility index (Phi) is 5.73. The van der Waals surface area contributed by atoms with E-state index in [0.29, 0.717) is 23.0 Å². The lowest BCUT2D eigenvalue weighted by molar-refractivity contribution is -0.118. The van der Waals surface area contributed by atoms with Crippen molar-refractivity contribution >= 4 is 34.6 Å². The van der Waals surface area contributed by atoms with Crippen LogP contribution in [-0.2, 0) is 16.0 Å². The van der Waals surface area contributed by atoms with E-state index in [-0.39, 0.29) is 29.3 Å². The van der Waals surface area contributed by atoms with Gasteiger partial charge in [-0.05, 0) is 47.9 Å². The van der Waals surface area contributed by atoms with Crippen molar-refractivity contribution in [3.8, 4) is 5.75 Å². The third-order valence-electron chi connectivity index (χ3n) is 6.15. The van der Waals surface area contributed by atoms with Gasteiger partial charge in [-0.2, -0.15) is 0 Å². The summed E-state index contributed by atoms with van der Waals surface area (Å²) >= 11 is 0. The molecule has 0 saturated heterocycles. The van der Waals surface area contributed by atoms with Crippen LogP contribution in [0.4, 0.5) is 5.95 Å². The monoisotopic (exact) mass is 483 g/mol. The highest BCUT2D eigenvalue weighted by Gasteiger charge is 2.45. The number of carbonyl (C=O) groups is 3. The van der Waals surface area contributed by atoms with Gasteiger partial charge in [-0.25, -0.2) is 9.78 Å². The Morgan fingerprint density at radius 3 is 2.39 bits per heavy atom. The molecule has 1 aromatic heterocycles. The Bertz CT molecular complexity index is 1520. The van der Waals surface area contributed by atoms with Crippen LogP contribution in [0, 0.1) is 0 Å². The Hall–Kier alpha value is -4.92. The molecule has 0 radical (unpaired) electrons. The molecule has 3 aromatic carbocycles. The molecule has 5 rings (SSSR count). The minimum absolute atomic E-state index is 0.00437. The maximum atomic E-state index is 13.4. The number of aromatic nitrogens is 2. The number of aromatic carboxylic acids is 1. The average Bonchev–Trinajstić information content (AvgIpc) is 3.41. The average molecular weight is 483 g/mol. The van der Waals surface area contributed by atoms with Crippen molar-refractivity contribution in [1.82, 2.24) is 9.97 Å². The van der Waals surface area contributed by atoms with Gasteiger partial charge in [-0.1, -0.05) is 42.5 Å². The molecule has 180 valence electrons. The number of benzene rings is 3. The Morgan fingerprint density at radius 2 is 1.69 bits per heavy atom. The number of nitrogens with zero attached hydrogens (tertiary/aromatic N) is 2. The number of aromatic hydroxyl groups is 1. The first-order chi connectivity index (χ1) is 17.3. The lowest BCUT2D eigenvalue weighted by Gasteiger charge is -2.24. The first-order valence-corrected chi connectivity index (χ1v) is 11.2. The van der Waals surface area contributed by atoms with Crippen molar-refractivity contribution in [1.29, 1.82) is 0 Å². The number of H-pyrrole nitrogens is 1. The molecule has 36 heavy (non-hydrogen) atoms. The number of aliphatic hydroxyl groups excluding tert-OH is 1. The number of carboxylic acid groups (broad SMARTS) is 1. The number of imidazole rings is 1. The van der Waals surface area contributed by atoms with Gasteiger partial charge < -0.3 is 20.3 Å². The number of hydrogen-bond acceptors (Lipinski definition) is 6. The van der Waals surface area contributed by atoms with E-state index in [9.17, 15) is 29.7 Å². The van der Waals surface area contributed by atoms with E-state index >= 15 is 0 Å². The van der Waals surface area contributed by atoms with Crippen LogP contribution in [0.1, 0.15) is 33.9 Å². The predicted molar refractivity (Wildman–Crippen MR) is 131 cm³/mol. The molecule has 0 saturated carbocycles. The fraction of sp³-hybridized carbons (Fsp3) is 0.111. The summed E-state index contributed by atoms with van der Waals surface area (Å²) < 4.78 is 0. The molecule has 0 spiro atoms. The first kappa shape index (κ1) is 22.9. The number of anilines is 1. The van der Waals surface area contributed by atoms with E-state index < -0.39 is 29.5 Å². The second kappa shape index (κ2) is 9.03. The molecule has 1 amide bonds. The van der Waals surface area contributed by atoms with Crippen LogP contribution >= 0.6 is 0 Å². The van der Waals surface area contributed by atoms with E-state index in [2.05, 4.69) is 9.97 Å². The number of aliphatic hydroxyl groups is 1. The molecule has 1 aliphatic rings. The summed E-state index contributed by atoms with van der Waals surface area (Å²) in [6.45, 7) is 0. The lowest BCUT2D eigenvalue weighted by atomic mass is 9.93. The molecule has 0 bridgehead atoms. The van der Waals surface area contributed by atoms with Gasteiger partial charge >= 0.3 is 5.97 Å². The quantitative estimate of drug-likeness (QED) is 0.310. The molecule has 4 N–H and O–H groups in total. The minimum atomic E-state index is -1.11. The SMILES string of the molecule is O=C(CCc1ccccc1)C1=C(O)C(=O)N(c2nc3ccc(C(=O)O)cc3[nH]2)C1c1ccc(O)cc1. The third-order valence-corrected chi connectivity index (χ3v) is 6.15. The number of aryl methyl sites for hydroxylation is 1. The molecule has 4 aromatic rings. The van der Waals surface area contributed by atoms with E-state index in [1.807, 2.05) is 30.3 Å². The number of Topliss-reactive ketones (excluding diaryl/α,β-unsaturated/α-hetero) is 1. The lowest BCUT2D eigenvalue weighted by Crippen LogP contribution is -2.32. The normalized spacial score (nSPS) is 15.6. The molecule has 0 aliphatic carbocycles. The molecule has 1 atom stereocenters. The van der Waals surface area contributed by atoms with Gasteiger partial charge in [0.05, 0.1) is 28.2 Å². The molecular formula is C27H21N3O6. The van der Waals surface area contributed by atoms with Crippen molar-refractivity contribution in [2.75, 3.05) is 4.90 Å². The highest BCUT2D eigenvalue weighted by molar-refractivity contribution is 6.16. The third kappa shape index (κ3) is 4.07. The van der Waals surface area contributed by atoms with Crippen LogP contribution in [0.5, 0.6) is 5.75 Å². The van der Waals surface area contributed by atoms with Gasteiger partial charge in [0, 0.05) is 6.42 Å². The van der Waals surface area contributed by atoms with Crippen molar-refractivity contribution in [2.24, 2.45) is 0 Å². The first-order valence-electron chi connectivity index (χ1n) is 11.2. The number of ketones is 1. The molecular weight excluding hydrogens is 462 g/mol. The summed E-state index contributed by atoms with van der Waals surface area (Å²) in [6.07, 6.45) is 0.497. The Balaban J connectivity index is 1.55. The summed E-state index contributed by atoms with van der Waals surface area (Å²) in [6, 6.07) is 18.7. The summed E-state index contributed by atoms with van der Waals surface area (Å²) in [4.78, 5) is 46.5. The van der Waals surface area contributed by atoms with Crippen LogP contribution in [0.15, 0.2) is 84.1 Å². The van der Waals surface area contributed by atoms with E-state index in [1.54, 1.807) is 12.1 Å².